The number of aromatic nitrogens is 2. The van der Waals surface area contributed by atoms with Gasteiger partial charge in [-0.2, -0.15) is 0 Å². The first-order chi connectivity index (χ1) is 8.23. The van der Waals surface area contributed by atoms with Crippen molar-refractivity contribution < 1.29 is 0 Å². The molecule has 1 aromatic rings. The summed E-state index contributed by atoms with van der Waals surface area (Å²) in [5, 5.41) is 0. The van der Waals surface area contributed by atoms with Crippen molar-refractivity contribution in [3.05, 3.63) is 17.1 Å². The molecule has 3 rings (SSSR count). The minimum atomic E-state index is 0.215. The van der Waals surface area contributed by atoms with Crippen LogP contribution in [0.3, 0.4) is 0 Å². The molecule has 0 aliphatic heterocycles. The molecule has 0 amide bonds. The number of anilines is 1. The zero-order chi connectivity index (χ0) is 11.9. The molecule has 0 spiro atoms. The molecule has 2 aliphatic rings. The molecular weight excluding hydrogens is 212 g/mol. The number of nitrogens with zero attached hydrogens (tertiary/aromatic N) is 2. The maximum atomic E-state index is 5.62. The normalized spacial score (nSPS) is 21.5. The molecule has 0 radical (unpaired) electrons. The Morgan fingerprint density at radius 3 is 2.59 bits per heavy atom. The fraction of sp³-hybridized carbons (Fsp3) is 0.692. The van der Waals surface area contributed by atoms with Gasteiger partial charge in [-0.3, -0.25) is 0 Å². The number of rotatable bonds is 2. The van der Waals surface area contributed by atoms with Crippen LogP contribution in [0.2, 0.25) is 0 Å². The van der Waals surface area contributed by atoms with Crippen LogP contribution in [-0.4, -0.2) is 9.97 Å². The Morgan fingerprint density at radius 2 is 1.88 bits per heavy atom. The molecule has 0 saturated heterocycles. The third-order valence-corrected chi connectivity index (χ3v) is 4.11. The maximum Gasteiger partial charge on any atom is 0.147 e. The summed E-state index contributed by atoms with van der Waals surface area (Å²) in [6, 6.07) is 0. The molecule has 4 nitrogen and oxygen atoms in total. The van der Waals surface area contributed by atoms with Crippen molar-refractivity contribution in [1.82, 2.24) is 9.97 Å². The minimum Gasteiger partial charge on any atom is -0.308 e. The van der Waals surface area contributed by atoms with Gasteiger partial charge in [-0.15, -0.1) is 0 Å². The number of hydrogen-bond donors (Lipinski definition) is 2. The topological polar surface area (TPSA) is 63.8 Å². The molecule has 92 valence electrons. The van der Waals surface area contributed by atoms with E-state index in [9.17, 15) is 0 Å². The third kappa shape index (κ3) is 1.90. The molecule has 0 aromatic carbocycles. The van der Waals surface area contributed by atoms with E-state index < -0.39 is 0 Å². The summed E-state index contributed by atoms with van der Waals surface area (Å²) in [6.45, 7) is 2.24. The highest BCUT2D eigenvalue weighted by molar-refractivity contribution is 5.47. The van der Waals surface area contributed by atoms with Crippen LogP contribution < -0.4 is 11.3 Å². The number of hydrazine groups is 1. The second kappa shape index (κ2) is 3.95. The lowest BCUT2D eigenvalue weighted by molar-refractivity contribution is 0.686. The zero-order valence-electron chi connectivity index (χ0n) is 10.4. The average molecular weight is 232 g/mol. The average Bonchev–Trinajstić information content (AvgIpc) is 3.11. The third-order valence-electron chi connectivity index (χ3n) is 4.11. The van der Waals surface area contributed by atoms with Crippen LogP contribution in [0.1, 0.15) is 56.1 Å². The molecular formula is C13H20N4. The minimum absolute atomic E-state index is 0.215. The van der Waals surface area contributed by atoms with Gasteiger partial charge in [-0.05, 0) is 38.5 Å². The molecule has 1 heterocycles. The number of nitrogen functional groups attached to an aromatic ring is 1. The van der Waals surface area contributed by atoms with E-state index in [1.54, 1.807) is 0 Å². The second-order valence-corrected chi connectivity index (χ2v) is 5.59. The van der Waals surface area contributed by atoms with Crippen molar-refractivity contribution in [1.29, 1.82) is 0 Å². The molecule has 1 fully saturated rings. The number of hydrogen-bond acceptors (Lipinski definition) is 4. The zero-order valence-corrected chi connectivity index (χ0v) is 10.4. The van der Waals surface area contributed by atoms with E-state index in [1.807, 2.05) is 0 Å². The first-order valence-corrected chi connectivity index (χ1v) is 6.60. The van der Waals surface area contributed by atoms with E-state index in [-0.39, 0.29) is 5.41 Å². The number of nitrogens with one attached hydrogen (secondary N) is 1. The molecule has 3 N–H and O–H groups in total. The Balaban J connectivity index is 2.07. The lowest BCUT2D eigenvalue weighted by Gasteiger charge is -2.15. The Bertz CT molecular complexity index is 437. The quantitative estimate of drug-likeness (QED) is 0.465. The molecule has 0 unspecified atom stereocenters. The molecule has 0 atom stereocenters. The first kappa shape index (κ1) is 11.0. The summed E-state index contributed by atoms with van der Waals surface area (Å²) in [7, 11) is 0. The SMILES string of the molecule is CC1(c2nc3c(c(NN)n2)CCCCC3)CC1. The Labute approximate surface area is 102 Å². The Morgan fingerprint density at radius 1 is 1.12 bits per heavy atom. The number of aryl methyl sites for hydroxylation is 1. The van der Waals surface area contributed by atoms with Crippen LogP contribution >= 0.6 is 0 Å². The Kier molecular flexibility index (Phi) is 2.54. The molecule has 0 bridgehead atoms. The van der Waals surface area contributed by atoms with E-state index in [0.717, 1.165) is 24.5 Å². The van der Waals surface area contributed by atoms with E-state index in [0.29, 0.717) is 0 Å². The van der Waals surface area contributed by atoms with Crippen LogP contribution in [0.4, 0.5) is 5.82 Å². The van der Waals surface area contributed by atoms with E-state index in [1.165, 1.54) is 43.4 Å². The van der Waals surface area contributed by atoms with E-state index in [4.69, 9.17) is 10.8 Å². The fourth-order valence-corrected chi connectivity index (χ4v) is 2.57. The molecule has 17 heavy (non-hydrogen) atoms. The van der Waals surface area contributed by atoms with Crippen LogP contribution in [0.25, 0.3) is 0 Å². The summed E-state index contributed by atoms with van der Waals surface area (Å²) in [6.07, 6.45) is 8.30. The summed E-state index contributed by atoms with van der Waals surface area (Å²) >= 11 is 0. The number of fused-ring (bicyclic) bond motifs is 1. The van der Waals surface area contributed by atoms with Crippen molar-refractivity contribution in [3.8, 4) is 0 Å². The van der Waals surface area contributed by atoms with Crippen LogP contribution in [0.5, 0.6) is 0 Å². The van der Waals surface area contributed by atoms with Crippen molar-refractivity contribution in [2.75, 3.05) is 5.43 Å². The highest BCUT2D eigenvalue weighted by Crippen LogP contribution is 2.46. The monoisotopic (exact) mass is 232 g/mol. The summed E-state index contributed by atoms with van der Waals surface area (Å²) in [5.41, 5.74) is 5.47. The van der Waals surface area contributed by atoms with Gasteiger partial charge in [0.25, 0.3) is 0 Å². The fourth-order valence-electron chi connectivity index (χ4n) is 2.57. The van der Waals surface area contributed by atoms with Gasteiger partial charge in [-0.25, -0.2) is 15.8 Å². The second-order valence-electron chi connectivity index (χ2n) is 5.59. The van der Waals surface area contributed by atoms with Crippen LogP contribution in [-0.2, 0) is 18.3 Å². The first-order valence-electron chi connectivity index (χ1n) is 6.60. The van der Waals surface area contributed by atoms with E-state index >= 15 is 0 Å². The maximum absolute atomic E-state index is 5.62. The van der Waals surface area contributed by atoms with E-state index in [2.05, 4.69) is 17.3 Å². The largest absolute Gasteiger partial charge is 0.308 e. The molecule has 4 heteroatoms. The lowest BCUT2D eigenvalue weighted by Crippen LogP contribution is -2.18. The van der Waals surface area contributed by atoms with Crippen molar-refractivity contribution >= 4 is 5.82 Å². The highest BCUT2D eigenvalue weighted by atomic mass is 15.3. The summed E-state index contributed by atoms with van der Waals surface area (Å²) in [4.78, 5) is 9.44. The molecule has 2 aliphatic carbocycles. The van der Waals surface area contributed by atoms with Crippen LogP contribution in [0.15, 0.2) is 0 Å². The predicted molar refractivity (Wildman–Crippen MR) is 67.7 cm³/mol. The van der Waals surface area contributed by atoms with Gasteiger partial charge in [-0.1, -0.05) is 13.3 Å². The summed E-state index contributed by atoms with van der Waals surface area (Å²) in [5.74, 6) is 7.47. The van der Waals surface area contributed by atoms with Gasteiger partial charge < -0.3 is 5.43 Å². The predicted octanol–water partition coefficient (Wildman–Crippen LogP) is 2.08. The highest BCUT2D eigenvalue weighted by Gasteiger charge is 2.42. The molecule has 1 saturated carbocycles. The number of nitrogens with two attached hydrogens (primary N) is 1. The van der Waals surface area contributed by atoms with Crippen molar-refractivity contribution in [2.45, 2.75) is 57.3 Å². The van der Waals surface area contributed by atoms with Gasteiger partial charge in [0, 0.05) is 16.7 Å². The van der Waals surface area contributed by atoms with Gasteiger partial charge in [0.1, 0.15) is 11.6 Å². The summed E-state index contributed by atoms with van der Waals surface area (Å²) < 4.78 is 0. The van der Waals surface area contributed by atoms with Crippen molar-refractivity contribution in [3.63, 3.8) is 0 Å². The van der Waals surface area contributed by atoms with Crippen molar-refractivity contribution in [2.24, 2.45) is 5.84 Å². The Hall–Kier alpha value is -1.16. The van der Waals surface area contributed by atoms with Gasteiger partial charge >= 0.3 is 0 Å². The molecule has 1 aromatic heterocycles. The van der Waals surface area contributed by atoms with Gasteiger partial charge in [0.2, 0.25) is 0 Å². The lowest BCUT2D eigenvalue weighted by atomic mass is 10.1. The smallest absolute Gasteiger partial charge is 0.147 e. The standard InChI is InChI=1S/C13H20N4/c1-13(7-8-13)12-15-10-6-4-2-3-5-9(10)11(16-12)17-14/h2-8,14H2,1H3,(H,15,16,17). The van der Waals surface area contributed by atoms with Crippen LogP contribution in [0, 0.1) is 0 Å². The van der Waals surface area contributed by atoms with Gasteiger partial charge in [0.05, 0.1) is 0 Å². The van der Waals surface area contributed by atoms with Gasteiger partial charge in [0.15, 0.2) is 0 Å².